The van der Waals surface area contributed by atoms with Gasteiger partial charge in [0.05, 0.1) is 0 Å². The Kier molecular flexibility index (Phi) is 3.31. The Balaban J connectivity index is 1.84. The first-order chi connectivity index (χ1) is 8.08. The number of hydrogen-bond acceptors (Lipinski definition) is 3. The molecule has 0 aromatic carbocycles. The molecule has 1 aliphatic heterocycles. The van der Waals surface area contributed by atoms with Crippen molar-refractivity contribution in [3.8, 4) is 0 Å². The number of nitrogens with zero attached hydrogens (tertiary/aromatic N) is 1. The van der Waals surface area contributed by atoms with E-state index in [-0.39, 0.29) is 24.8 Å². The fraction of sp³-hybridized carbons (Fsp3) is 0.727. The molecule has 0 aromatic rings. The van der Waals surface area contributed by atoms with Gasteiger partial charge in [-0.1, -0.05) is 0 Å². The fourth-order valence-electron chi connectivity index (χ4n) is 1.98. The van der Waals surface area contributed by atoms with E-state index >= 15 is 0 Å². The number of likely N-dealkylation sites (tertiary alicyclic amines) is 1. The van der Waals surface area contributed by atoms with E-state index in [1.54, 1.807) is 0 Å². The van der Waals surface area contributed by atoms with Crippen LogP contribution in [0.15, 0.2) is 0 Å². The number of aliphatic carboxylic acids is 1. The highest BCUT2D eigenvalue weighted by molar-refractivity contribution is 5.91. The zero-order chi connectivity index (χ0) is 12.4. The number of hydrogen-bond donors (Lipinski definition) is 2. The van der Waals surface area contributed by atoms with E-state index < -0.39 is 12.0 Å². The summed E-state index contributed by atoms with van der Waals surface area (Å²) in [5.74, 6) is -0.980. The molecule has 1 unspecified atom stereocenters. The Morgan fingerprint density at radius 3 is 2.65 bits per heavy atom. The van der Waals surface area contributed by atoms with Crippen LogP contribution in [0, 0.1) is 5.92 Å². The van der Waals surface area contributed by atoms with Crippen LogP contribution in [-0.4, -0.2) is 46.9 Å². The predicted molar refractivity (Wildman–Crippen MR) is 58.1 cm³/mol. The molecule has 17 heavy (non-hydrogen) atoms. The summed E-state index contributed by atoms with van der Waals surface area (Å²) in [6, 6.07) is -0.839. The van der Waals surface area contributed by atoms with Gasteiger partial charge in [-0.15, -0.1) is 0 Å². The third-order valence-electron chi connectivity index (χ3n) is 3.21. The summed E-state index contributed by atoms with van der Waals surface area (Å²) in [5, 5.41) is 11.6. The maximum atomic E-state index is 11.5. The van der Waals surface area contributed by atoms with Gasteiger partial charge in [0.15, 0.2) is 0 Å². The highest BCUT2D eigenvalue weighted by Crippen LogP contribution is 2.27. The molecule has 2 fully saturated rings. The Hall–Kier alpha value is -1.59. The molecule has 2 aliphatic rings. The first kappa shape index (κ1) is 11.9. The minimum atomic E-state index is -1.04. The molecule has 1 aliphatic carbocycles. The Labute approximate surface area is 99.0 Å². The maximum absolute atomic E-state index is 11.5. The lowest BCUT2D eigenvalue weighted by Crippen LogP contribution is -2.45. The van der Waals surface area contributed by atoms with Crippen LogP contribution in [0.5, 0.6) is 0 Å². The van der Waals surface area contributed by atoms with Gasteiger partial charge in [-0.2, -0.15) is 0 Å². The quantitative estimate of drug-likeness (QED) is 0.684. The molecule has 94 valence electrons. The number of carboxylic acids is 1. The smallest absolute Gasteiger partial charge is 0.326 e. The van der Waals surface area contributed by atoms with Crippen molar-refractivity contribution < 1.29 is 19.5 Å². The number of carbonyl (C=O) groups excluding carboxylic acids is 2. The molecule has 2 N–H and O–H groups in total. The number of carboxylic acid groups (broad SMARTS) is 1. The highest BCUT2D eigenvalue weighted by atomic mass is 16.4. The Bertz CT molecular complexity index is 351. The molecule has 0 spiro atoms. The van der Waals surface area contributed by atoms with Gasteiger partial charge in [-0.25, -0.2) is 4.79 Å². The molecule has 0 radical (unpaired) electrons. The van der Waals surface area contributed by atoms with Gasteiger partial charge in [0, 0.05) is 13.0 Å². The van der Waals surface area contributed by atoms with Gasteiger partial charge in [0.2, 0.25) is 11.8 Å². The monoisotopic (exact) mass is 240 g/mol. The van der Waals surface area contributed by atoms with Gasteiger partial charge in [-0.3, -0.25) is 9.59 Å². The third-order valence-corrected chi connectivity index (χ3v) is 3.21. The van der Waals surface area contributed by atoms with Crippen LogP contribution in [-0.2, 0) is 14.4 Å². The third kappa shape index (κ3) is 2.95. The zero-order valence-corrected chi connectivity index (χ0v) is 9.52. The molecule has 6 nitrogen and oxygen atoms in total. The number of nitrogens with one attached hydrogen (secondary N) is 1. The van der Waals surface area contributed by atoms with Crippen molar-refractivity contribution >= 4 is 17.8 Å². The first-order valence-corrected chi connectivity index (χ1v) is 5.87. The Morgan fingerprint density at radius 1 is 1.35 bits per heavy atom. The molecule has 0 aromatic heterocycles. The second kappa shape index (κ2) is 4.73. The molecular formula is C11H16N2O4. The average molecular weight is 240 g/mol. The van der Waals surface area contributed by atoms with Crippen molar-refractivity contribution in [3.05, 3.63) is 0 Å². The molecule has 1 heterocycles. The first-order valence-electron chi connectivity index (χ1n) is 5.87. The second-order valence-electron chi connectivity index (χ2n) is 4.66. The summed E-state index contributed by atoms with van der Waals surface area (Å²) in [6.45, 7) is 0.501. The fourth-order valence-corrected chi connectivity index (χ4v) is 1.98. The molecule has 2 rings (SSSR count). The van der Waals surface area contributed by atoms with Gasteiger partial charge in [-0.05, 0) is 25.2 Å². The molecule has 1 atom stereocenters. The normalized spacial score (nSPS) is 23.9. The summed E-state index contributed by atoms with van der Waals surface area (Å²) in [7, 11) is 0. The van der Waals surface area contributed by atoms with E-state index in [0.29, 0.717) is 18.9 Å². The summed E-state index contributed by atoms with van der Waals surface area (Å²) in [6.07, 6.45) is 2.79. The van der Waals surface area contributed by atoms with E-state index in [2.05, 4.69) is 5.32 Å². The van der Waals surface area contributed by atoms with Crippen molar-refractivity contribution in [2.45, 2.75) is 31.7 Å². The van der Waals surface area contributed by atoms with E-state index in [9.17, 15) is 14.4 Å². The molecule has 1 saturated heterocycles. The second-order valence-corrected chi connectivity index (χ2v) is 4.66. The summed E-state index contributed by atoms with van der Waals surface area (Å²) in [5.41, 5.74) is 0. The van der Waals surface area contributed by atoms with E-state index in [1.807, 2.05) is 0 Å². The van der Waals surface area contributed by atoms with Crippen molar-refractivity contribution in [1.82, 2.24) is 10.2 Å². The number of rotatable bonds is 5. The van der Waals surface area contributed by atoms with Crippen molar-refractivity contribution in [3.63, 3.8) is 0 Å². The minimum Gasteiger partial charge on any atom is -0.480 e. The van der Waals surface area contributed by atoms with Crippen LogP contribution in [0.4, 0.5) is 0 Å². The van der Waals surface area contributed by atoms with Crippen molar-refractivity contribution in [2.24, 2.45) is 5.92 Å². The maximum Gasteiger partial charge on any atom is 0.326 e. The van der Waals surface area contributed by atoms with Crippen LogP contribution in [0.1, 0.15) is 25.7 Å². The topological polar surface area (TPSA) is 86.7 Å². The van der Waals surface area contributed by atoms with Crippen LogP contribution in [0.3, 0.4) is 0 Å². The molecule has 6 heteroatoms. The SMILES string of the molecule is O=C(CN1C(=O)CCC1C(=O)O)NCC1CC1. The van der Waals surface area contributed by atoms with Crippen molar-refractivity contribution in [2.75, 3.05) is 13.1 Å². The number of carbonyl (C=O) groups is 3. The van der Waals surface area contributed by atoms with E-state index in [0.717, 1.165) is 17.7 Å². The standard InChI is InChI=1S/C11H16N2O4/c14-9(12-5-7-1-2-7)6-13-8(11(16)17)3-4-10(13)15/h7-8H,1-6H2,(H,12,14)(H,16,17). The molecule has 2 amide bonds. The summed E-state index contributed by atoms with van der Waals surface area (Å²) >= 11 is 0. The van der Waals surface area contributed by atoms with Crippen molar-refractivity contribution in [1.29, 1.82) is 0 Å². The van der Waals surface area contributed by atoms with Crippen LogP contribution >= 0.6 is 0 Å². The molecule has 0 bridgehead atoms. The lowest BCUT2D eigenvalue weighted by molar-refractivity contribution is -0.147. The van der Waals surface area contributed by atoms with Gasteiger partial charge < -0.3 is 15.3 Å². The number of amides is 2. The minimum absolute atomic E-state index is 0.136. The van der Waals surface area contributed by atoms with E-state index in [4.69, 9.17) is 5.11 Å². The van der Waals surface area contributed by atoms with E-state index in [1.165, 1.54) is 0 Å². The van der Waals surface area contributed by atoms with Crippen LogP contribution in [0.2, 0.25) is 0 Å². The zero-order valence-electron chi connectivity index (χ0n) is 9.52. The van der Waals surface area contributed by atoms with Gasteiger partial charge in [0.25, 0.3) is 0 Å². The summed E-state index contributed by atoms with van der Waals surface area (Å²) < 4.78 is 0. The van der Waals surface area contributed by atoms with Gasteiger partial charge in [0.1, 0.15) is 12.6 Å². The van der Waals surface area contributed by atoms with Gasteiger partial charge >= 0.3 is 5.97 Å². The highest BCUT2D eigenvalue weighted by Gasteiger charge is 2.37. The Morgan fingerprint density at radius 2 is 2.06 bits per heavy atom. The molecule has 1 saturated carbocycles. The lowest BCUT2D eigenvalue weighted by atomic mass is 10.2. The molecular weight excluding hydrogens is 224 g/mol. The largest absolute Gasteiger partial charge is 0.480 e. The average Bonchev–Trinajstić information content (AvgIpc) is 3.02. The lowest BCUT2D eigenvalue weighted by Gasteiger charge is -2.20. The summed E-state index contributed by atoms with van der Waals surface area (Å²) in [4.78, 5) is 35.1. The van der Waals surface area contributed by atoms with Crippen LogP contribution < -0.4 is 5.32 Å². The predicted octanol–water partition coefficient (Wildman–Crippen LogP) is -0.412. The van der Waals surface area contributed by atoms with Crippen LogP contribution in [0.25, 0.3) is 0 Å².